The van der Waals surface area contributed by atoms with Crippen LogP contribution in [-0.4, -0.2) is 50.2 Å². The normalized spacial score (nSPS) is 19.7. The smallest absolute Gasteiger partial charge is 0.408 e. The number of ether oxygens (including phenoxy) is 1. The van der Waals surface area contributed by atoms with Crippen LogP contribution in [0.5, 0.6) is 0 Å². The molecule has 162 valence electrons. The summed E-state index contributed by atoms with van der Waals surface area (Å²) in [7, 11) is 0. The highest BCUT2D eigenvalue weighted by Crippen LogP contribution is 2.02. The Labute approximate surface area is 173 Å². The summed E-state index contributed by atoms with van der Waals surface area (Å²) in [5, 5.41) is 7.71. The number of hydrogen-bond acceptors (Lipinski definition) is 5. The zero-order valence-corrected chi connectivity index (χ0v) is 17.2. The number of allylic oxidation sites excluding steroid dienone is 4. The Bertz CT molecular complexity index is 599. The van der Waals surface area contributed by atoms with Crippen LogP contribution >= 0.6 is 0 Å². The van der Waals surface area contributed by atoms with Crippen LogP contribution in [0.2, 0.25) is 0 Å². The quantitative estimate of drug-likeness (QED) is 0.304. The average Bonchev–Trinajstić information content (AvgIpc) is 2.70. The van der Waals surface area contributed by atoms with E-state index in [0.29, 0.717) is 32.4 Å². The van der Waals surface area contributed by atoms with Crippen molar-refractivity contribution in [1.29, 1.82) is 0 Å². The lowest BCUT2D eigenvalue weighted by molar-refractivity contribution is -0.127. The van der Waals surface area contributed by atoms with E-state index in [4.69, 9.17) is 10.5 Å². The molecule has 8 nitrogen and oxygen atoms in total. The molecule has 0 aromatic rings. The molecule has 1 unspecified atom stereocenters. The Morgan fingerprint density at radius 3 is 2.62 bits per heavy atom. The summed E-state index contributed by atoms with van der Waals surface area (Å²) in [6.45, 7) is 10.1. The van der Waals surface area contributed by atoms with Crippen molar-refractivity contribution in [2.75, 3.05) is 26.2 Å². The maximum atomic E-state index is 12.1. The molecule has 3 amide bonds. The van der Waals surface area contributed by atoms with Gasteiger partial charge in [-0.05, 0) is 39.2 Å². The van der Waals surface area contributed by atoms with Crippen LogP contribution in [0.4, 0.5) is 4.79 Å². The fraction of sp³-hybridized carbons (Fsp3) is 0.476. The Balaban J connectivity index is 0.000000956. The lowest BCUT2D eigenvalue weighted by Gasteiger charge is -2.18. The zero-order chi connectivity index (χ0) is 21.9. The predicted octanol–water partition coefficient (Wildman–Crippen LogP) is 1.71. The van der Waals surface area contributed by atoms with Gasteiger partial charge in [-0.2, -0.15) is 0 Å². The van der Waals surface area contributed by atoms with Gasteiger partial charge in [0.25, 0.3) is 0 Å². The predicted molar refractivity (Wildman–Crippen MR) is 115 cm³/mol. The molecule has 0 aromatic heterocycles. The van der Waals surface area contributed by atoms with Gasteiger partial charge in [0.2, 0.25) is 11.8 Å². The van der Waals surface area contributed by atoms with Crippen molar-refractivity contribution in [2.45, 2.75) is 38.6 Å². The van der Waals surface area contributed by atoms with E-state index in [-0.39, 0.29) is 19.1 Å². The maximum Gasteiger partial charge on any atom is 0.408 e. The second-order valence-corrected chi connectivity index (χ2v) is 6.26. The molecule has 1 aliphatic rings. The number of nitrogens with two attached hydrogens (primary N) is 1. The third-order valence-electron chi connectivity index (χ3n) is 3.79. The van der Waals surface area contributed by atoms with Crippen molar-refractivity contribution >= 4 is 17.9 Å². The molecule has 1 heterocycles. The van der Waals surface area contributed by atoms with E-state index < -0.39 is 18.0 Å². The molecule has 0 saturated carbocycles. The van der Waals surface area contributed by atoms with Crippen molar-refractivity contribution in [3.63, 3.8) is 0 Å². The number of carbonyl (C=O) groups excluding carboxylic acids is 3. The molecule has 1 atom stereocenters. The van der Waals surface area contributed by atoms with Gasteiger partial charge in [0.15, 0.2) is 0 Å². The highest BCUT2D eigenvalue weighted by atomic mass is 16.5. The standard InChI is InChI=1S/C14H24N4O4.C7H10/c15-7-3-2-6-11-13(20)17-10-12(19)16-8-4-1-5-9-22-14(21)18-11;1-4-6-7(3)5-2/h1,5,11H,2-4,6-10,15H2,(H,16,19)(H,17,20)(H,18,21);4-6H,1-2H2,3H3/b5-1+;7-6-. The summed E-state index contributed by atoms with van der Waals surface area (Å²) in [4.78, 5) is 35.3. The number of alkyl carbamates (subject to hydrolysis) is 1. The number of hydrogen-bond donors (Lipinski definition) is 4. The summed E-state index contributed by atoms with van der Waals surface area (Å²) in [6, 6.07) is -0.737. The number of amides is 3. The molecule has 0 saturated heterocycles. The molecule has 0 radical (unpaired) electrons. The van der Waals surface area contributed by atoms with Crippen molar-refractivity contribution in [2.24, 2.45) is 5.73 Å². The first-order chi connectivity index (χ1) is 13.9. The van der Waals surface area contributed by atoms with Gasteiger partial charge >= 0.3 is 6.09 Å². The maximum absolute atomic E-state index is 12.1. The van der Waals surface area contributed by atoms with E-state index in [1.165, 1.54) is 0 Å². The molecule has 1 rings (SSSR count). The van der Waals surface area contributed by atoms with Crippen LogP contribution in [0.1, 0.15) is 32.6 Å². The molecule has 0 aliphatic carbocycles. The number of unbranched alkanes of at least 4 members (excludes halogenated alkanes) is 1. The van der Waals surface area contributed by atoms with E-state index in [0.717, 1.165) is 12.0 Å². The van der Waals surface area contributed by atoms with Crippen molar-refractivity contribution in [3.05, 3.63) is 49.1 Å². The van der Waals surface area contributed by atoms with E-state index in [1.54, 1.807) is 18.2 Å². The minimum Gasteiger partial charge on any atom is -0.445 e. The minimum atomic E-state index is -0.737. The van der Waals surface area contributed by atoms with Crippen LogP contribution in [-0.2, 0) is 14.3 Å². The molecule has 29 heavy (non-hydrogen) atoms. The SMILES string of the molecule is C=C/C=C(/C)C=C.NCCCCC1NC(=O)OC/C=C/CCNC(=O)CNC1=O. The number of rotatable bonds is 6. The van der Waals surface area contributed by atoms with Crippen molar-refractivity contribution < 1.29 is 19.1 Å². The second kappa shape index (κ2) is 17.2. The van der Waals surface area contributed by atoms with Gasteiger partial charge in [0.1, 0.15) is 12.6 Å². The van der Waals surface area contributed by atoms with Gasteiger partial charge in [-0.25, -0.2) is 4.79 Å². The number of cyclic esters (lactones) is 1. The second-order valence-electron chi connectivity index (χ2n) is 6.26. The molecule has 0 aromatic carbocycles. The first-order valence-electron chi connectivity index (χ1n) is 9.69. The van der Waals surface area contributed by atoms with Crippen LogP contribution in [0.3, 0.4) is 0 Å². The van der Waals surface area contributed by atoms with E-state index >= 15 is 0 Å². The van der Waals surface area contributed by atoms with Crippen molar-refractivity contribution in [3.8, 4) is 0 Å². The molecule has 0 spiro atoms. The monoisotopic (exact) mass is 406 g/mol. The lowest BCUT2D eigenvalue weighted by atomic mass is 10.1. The average molecular weight is 407 g/mol. The Kier molecular flexibility index (Phi) is 15.5. The first kappa shape index (κ1) is 26.1. The molecule has 0 fully saturated rings. The molecular formula is C21H34N4O4. The Morgan fingerprint density at radius 2 is 2.00 bits per heavy atom. The van der Waals surface area contributed by atoms with Gasteiger partial charge in [-0.15, -0.1) is 0 Å². The van der Waals surface area contributed by atoms with Gasteiger partial charge in [0, 0.05) is 6.54 Å². The molecule has 5 N–H and O–H groups in total. The molecule has 1 aliphatic heterocycles. The van der Waals surface area contributed by atoms with E-state index in [2.05, 4.69) is 29.1 Å². The molecular weight excluding hydrogens is 372 g/mol. The minimum absolute atomic E-state index is 0.118. The largest absolute Gasteiger partial charge is 0.445 e. The van der Waals surface area contributed by atoms with Gasteiger partial charge in [0.05, 0.1) is 6.54 Å². The van der Waals surface area contributed by atoms with Crippen LogP contribution in [0.25, 0.3) is 0 Å². The fourth-order valence-electron chi connectivity index (χ4n) is 2.16. The van der Waals surface area contributed by atoms with Gasteiger partial charge in [-0.3, -0.25) is 9.59 Å². The van der Waals surface area contributed by atoms with E-state index in [1.807, 2.05) is 19.1 Å². The van der Waals surface area contributed by atoms with E-state index in [9.17, 15) is 14.4 Å². The molecule has 8 heteroatoms. The number of nitrogens with one attached hydrogen (secondary N) is 3. The Morgan fingerprint density at radius 1 is 1.24 bits per heavy atom. The Hall–Kier alpha value is -2.87. The highest BCUT2D eigenvalue weighted by molar-refractivity contribution is 5.89. The zero-order valence-electron chi connectivity index (χ0n) is 17.2. The fourth-order valence-corrected chi connectivity index (χ4v) is 2.16. The summed E-state index contributed by atoms with van der Waals surface area (Å²) < 4.78 is 4.96. The summed E-state index contributed by atoms with van der Waals surface area (Å²) in [5.74, 6) is -0.668. The van der Waals surface area contributed by atoms with Crippen molar-refractivity contribution in [1.82, 2.24) is 16.0 Å². The third-order valence-corrected chi connectivity index (χ3v) is 3.79. The first-order valence-corrected chi connectivity index (χ1v) is 9.69. The van der Waals surface area contributed by atoms with Gasteiger partial charge in [-0.1, -0.05) is 49.1 Å². The highest BCUT2D eigenvalue weighted by Gasteiger charge is 2.21. The number of carbonyl (C=O) groups is 3. The lowest BCUT2D eigenvalue weighted by Crippen LogP contribution is -2.49. The van der Waals surface area contributed by atoms with Gasteiger partial charge < -0.3 is 26.4 Å². The third kappa shape index (κ3) is 14.8. The summed E-state index contributed by atoms with van der Waals surface area (Å²) >= 11 is 0. The summed E-state index contributed by atoms with van der Waals surface area (Å²) in [6.07, 6.45) is 10.8. The van der Waals surface area contributed by atoms with Crippen LogP contribution < -0.4 is 21.7 Å². The molecule has 0 bridgehead atoms. The van der Waals surface area contributed by atoms with Crippen LogP contribution in [0.15, 0.2) is 49.1 Å². The summed E-state index contributed by atoms with van der Waals surface area (Å²) in [5.41, 5.74) is 6.57. The van der Waals surface area contributed by atoms with Crippen LogP contribution in [0, 0.1) is 0 Å². The topological polar surface area (TPSA) is 123 Å².